The predicted molar refractivity (Wildman–Crippen MR) is 120 cm³/mol. The summed E-state index contributed by atoms with van der Waals surface area (Å²) in [5, 5.41) is 4.72. The van der Waals surface area contributed by atoms with Crippen molar-refractivity contribution in [2.45, 2.75) is 10.8 Å². The fourth-order valence-electron chi connectivity index (χ4n) is 2.51. The number of hydrogen-bond donors (Lipinski definition) is 1. The molecule has 0 bridgehead atoms. The third-order valence-corrected chi connectivity index (χ3v) is 7.47. The molecule has 1 amide bonds. The molecule has 1 N–H and O–H groups in total. The van der Waals surface area contributed by atoms with E-state index < -0.39 is 0 Å². The number of hydrogen-bond acceptors (Lipinski definition) is 6. The van der Waals surface area contributed by atoms with E-state index in [0.717, 1.165) is 25.0 Å². The molecule has 2 aromatic heterocycles. The number of nitrogens with one attached hydrogen (secondary N) is 1. The van der Waals surface area contributed by atoms with E-state index in [4.69, 9.17) is 23.2 Å². The van der Waals surface area contributed by atoms with Crippen LogP contribution < -0.4 is 5.32 Å². The number of fused-ring (bicyclic) bond motifs is 1. The first kappa shape index (κ1) is 19.7. The van der Waals surface area contributed by atoms with E-state index in [2.05, 4.69) is 15.3 Å². The van der Waals surface area contributed by atoms with Crippen molar-refractivity contribution in [3.63, 3.8) is 0 Å². The average Bonchev–Trinajstić information content (AvgIpc) is 3.29. The number of para-hydroxylation sites is 1. The number of benzene rings is 2. The Morgan fingerprint density at radius 2 is 2.00 bits per heavy atom. The number of aromatic nitrogens is 2. The molecule has 4 nitrogen and oxygen atoms in total. The van der Waals surface area contributed by atoms with Gasteiger partial charge in [-0.3, -0.25) is 4.79 Å². The number of carbonyl (C=O) groups excluding carboxylic acids is 1. The zero-order valence-corrected chi connectivity index (χ0v) is 18.3. The van der Waals surface area contributed by atoms with Gasteiger partial charge in [-0.15, -0.1) is 22.7 Å². The van der Waals surface area contributed by atoms with Crippen molar-refractivity contribution in [1.29, 1.82) is 0 Å². The molecule has 28 heavy (non-hydrogen) atoms. The minimum Gasteiger partial charge on any atom is -0.301 e. The van der Waals surface area contributed by atoms with E-state index in [1.165, 1.54) is 23.1 Å². The summed E-state index contributed by atoms with van der Waals surface area (Å²) < 4.78 is 2.00. The minimum atomic E-state index is -0.106. The first-order valence-electron chi connectivity index (χ1n) is 8.24. The van der Waals surface area contributed by atoms with Crippen LogP contribution in [0.4, 0.5) is 5.13 Å². The van der Waals surface area contributed by atoms with Crippen LogP contribution in [0.2, 0.25) is 10.0 Å². The molecule has 2 heterocycles. The van der Waals surface area contributed by atoms with Gasteiger partial charge < -0.3 is 5.32 Å². The molecule has 0 aliphatic heterocycles. The molecule has 4 aromatic rings. The molecule has 0 aliphatic carbocycles. The molecule has 0 saturated carbocycles. The summed E-state index contributed by atoms with van der Waals surface area (Å²) in [6.45, 7) is 0. The fourth-order valence-corrected chi connectivity index (χ4v) is 5.61. The van der Waals surface area contributed by atoms with Gasteiger partial charge in [0.25, 0.3) is 0 Å². The maximum Gasteiger partial charge on any atom is 0.236 e. The minimum absolute atomic E-state index is 0.106. The molecule has 0 spiro atoms. The quantitative estimate of drug-likeness (QED) is 0.335. The summed E-state index contributed by atoms with van der Waals surface area (Å²) >= 11 is 16.7. The Labute approximate surface area is 183 Å². The van der Waals surface area contributed by atoms with E-state index in [1.807, 2.05) is 30.3 Å². The van der Waals surface area contributed by atoms with E-state index >= 15 is 0 Å². The average molecular weight is 466 g/mol. The molecule has 0 atom stereocenters. The van der Waals surface area contributed by atoms with Crippen LogP contribution in [0.5, 0.6) is 0 Å². The first-order chi connectivity index (χ1) is 13.6. The zero-order valence-electron chi connectivity index (χ0n) is 14.3. The highest BCUT2D eigenvalue weighted by Crippen LogP contribution is 2.30. The number of nitrogens with zero attached hydrogens (tertiary/aromatic N) is 2. The molecule has 0 saturated heterocycles. The number of thioether (sulfide) groups is 1. The van der Waals surface area contributed by atoms with Gasteiger partial charge >= 0.3 is 0 Å². The van der Waals surface area contributed by atoms with Gasteiger partial charge in [0.05, 0.1) is 16.0 Å². The SMILES string of the molecule is O=C(CSc1nc2ccccc2s1)Nc1ncc(Cc2cc(Cl)ccc2Cl)s1. The number of halogens is 2. The second-order valence-electron chi connectivity index (χ2n) is 5.83. The van der Waals surface area contributed by atoms with Crippen LogP contribution in [0, 0.1) is 0 Å². The lowest BCUT2D eigenvalue weighted by Gasteiger charge is -2.02. The molecule has 0 unspecified atom stereocenters. The maximum absolute atomic E-state index is 12.2. The van der Waals surface area contributed by atoms with Crippen molar-refractivity contribution in [3.05, 3.63) is 69.1 Å². The molecule has 0 aliphatic rings. The summed E-state index contributed by atoms with van der Waals surface area (Å²) in [7, 11) is 0. The Hall–Kier alpha value is -1.64. The first-order valence-corrected chi connectivity index (χ1v) is 11.6. The second kappa shape index (κ2) is 8.80. The number of thiazole rings is 2. The van der Waals surface area contributed by atoms with E-state index in [0.29, 0.717) is 21.6 Å². The Kier molecular flexibility index (Phi) is 6.18. The summed E-state index contributed by atoms with van der Waals surface area (Å²) in [4.78, 5) is 22.0. The Morgan fingerprint density at radius 1 is 1.14 bits per heavy atom. The van der Waals surface area contributed by atoms with E-state index in [-0.39, 0.29) is 11.7 Å². The molecule has 9 heteroatoms. The van der Waals surface area contributed by atoms with Gasteiger partial charge in [0, 0.05) is 27.5 Å². The molecule has 0 fully saturated rings. The smallest absolute Gasteiger partial charge is 0.236 e. The largest absolute Gasteiger partial charge is 0.301 e. The van der Waals surface area contributed by atoms with Gasteiger partial charge in [-0.25, -0.2) is 9.97 Å². The number of anilines is 1. The van der Waals surface area contributed by atoms with Crippen LogP contribution in [-0.4, -0.2) is 21.6 Å². The van der Waals surface area contributed by atoms with Crippen LogP contribution in [0.15, 0.2) is 53.0 Å². The van der Waals surface area contributed by atoms with Crippen LogP contribution in [0.25, 0.3) is 10.2 Å². The maximum atomic E-state index is 12.2. The molecule has 4 rings (SSSR count). The second-order valence-corrected chi connectivity index (χ2v) is 10.0. The summed E-state index contributed by atoms with van der Waals surface area (Å²) in [5.74, 6) is 0.181. The van der Waals surface area contributed by atoms with Gasteiger partial charge in [0.15, 0.2) is 9.47 Å². The van der Waals surface area contributed by atoms with Crippen molar-refractivity contribution >= 4 is 78.9 Å². The molecule has 2 aromatic carbocycles. The van der Waals surface area contributed by atoms with Gasteiger partial charge in [-0.2, -0.15) is 0 Å². The normalized spacial score (nSPS) is 11.1. The third kappa shape index (κ3) is 4.85. The lowest BCUT2D eigenvalue weighted by molar-refractivity contribution is -0.113. The Bertz CT molecular complexity index is 1110. The van der Waals surface area contributed by atoms with Crippen LogP contribution in [0.1, 0.15) is 10.4 Å². The summed E-state index contributed by atoms with van der Waals surface area (Å²) in [5.41, 5.74) is 1.89. The van der Waals surface area contributed by atoms with Crippen molar-refractivity contribution in [1.82, 2.24) is 9.97 Å². The van der Waals surface area contributed by atoms with E-state index in [1.54, 1.807) is 29.7 Å². The number of carbonyl (C=O) groups is 1. The number of amides is 1. The standard InChI is InChI=1S/C19H13Cl2N3OS3/c20-12-5-6-14(21)11(7-12)8-13-9-22-18(27-13)24-17(25)10-26-19-23-15-3-1-2-4-16(15)28-19/h1-7,9H,8,10H2,(H,22,24,25). The molecule has 142 valence electrons. The van der Waals surface area contributed by atoms with Crippen molar-refractivity contribution in [2.24, 2.45) is 0 Å². The highest BCUT2D eigenvalue weighted by Gasteiger charge is 2.11. The third-order valence-electron chi connectivity index (χ3n) is 3.77. The molecular weight excluding hydrogens is 453 g/mol. The number of rotatable bonds is 6. The van der Waals surface area contributed by atoms with Crippen LogP contribution in [0.3, 0.4) is 0 Å². The molecule has 0 radical (unpaired) electrons. The lowest BCUT2D eigenvalue weighted by atomic mass is 10.1. The van der Waals surface area contributed by atoms with Gasteiger partial charge in [0.2, 0.25) is 5.91 Å². The fraction of sp³-hybridized carbons (Fsp3) is 0.105. The highest BCUT2D eigenvalue weighted by molar-refractivity contribution is 8.01. The Balaban J connectivity index is 1.34. The zero-order chi connectivity index (χ0) is 19.5. The van der Waals surface area contributed by atoms with Gasteiger partial charge in [-0.05, 0) is 35.9 Å². The topological polar surface area (TPSA) is 54.9 Å². The lowest BCUT2D eigenvalue weighted by Crippen LogP contribution is -2.13. The van der Waals surface area contributed by atoms with Gasteiger partial charge in [-0.1, -0.05) is 47.1 Å². The summed E-state index contributed by atoms with van der Waals surface area (Å²) in [6, 6.07) is 13.3. The van der Waals surface area contributed by atoms with Crippen molar-refractivity contribution in [3.8, 4) is 0 Å². The summed E-state index contributed by atoms with van der Waals surface area (Å²) in [6.07, 6.45) is 2.37. The van der Waals surface area contributed by atoms with Crippen LogP contribution >= 0.6 is 57.6 Å². The monoisotopic (exact) mass is 465 g/mol. The van der Waals surface area contributed by atoms with Crippen molar-refractivity contribution < 1.29 is 4.79 Å². The van der Waals surface area contributed by atoms with Gasteiger partial charge in [0.1, 0.15) is 0 Å². The van der Waals surface area contributed by atoms with Crippen LogP contribution in [-0.2, 0) is 11.2 Å². The predicted octanol–water partition coefficient (Wildman–Crippen LogP) is 6.38. The highest BCUT2D eigenvalue weighted by atomic mass is 35.5. The van der Waals surface area contributed by atoms with Crippen molar-refractivity contribution in [2.75, 3.05) is 11.1 Å². The Morgan fingerprint density at radius 3 is 2.86 bits per heavy atom. The molecular formula is C19H13Cl2N3OS3. The van der Waals surface area contributed by atoms with E-state index in [9.17, 15) is 4.79 Å².